The number of ketones is 1. The number of likely N-dealkylation sites (tertiary alicyclic amines) is 1. The van der Waals surface area contributed by atoms with Crippen LogP contribution in [0.25, 0.3) is 10.9 Å². The molecule has 1 aromatic carbocycles. The van der Waals surface area contributed by atoms with Gasteiger partial charge in [-0.3, -0.25) is 14.4 Å². The van der Waals surface area contributed by atoms with Crippen LogP contribution in [-0.4, -0.2) is 70.4 Å². The Kier molecular flexibility index (Phi) is 5.90. The fourth-order valence-electron chi connectivity index (χ4n) is 4.67. The summed E-state index contributed by atoms with van der Waals surface area (Å²) in [6, 6.07) is 7.57. The minimum atomic E-state index is -0.496. The highest BCUT2D eigenvalue weighted by Crippen LogP contribution is 2.26. The standard InChI is InChI=1S/C23H29N3O4/c1-16-6-5-7-17(2)26(16)23(29)22(28)19-14-25(20-9-4-3-8-18(19)20)15-21(27)24-10-12-30-13-11-24/h3-4,8-9,14,16-17H,5-7,10-13,15H2,1-2H3/t16-,17-/m0/s1. The molecule has 1 aromatic heterocycles. The van der Waals surface area contributed by atoms with E-state index in [-0.39, 0.29) is 24.5 Å². The third-order valence-electron chi connectivity index (χ3n) is 6.32. The fraction of sp³-hybridized carbons (Fsp3) is 0.522. The smallest absolute Gasteiger partial charge is 0.295 e. The average Bonchev–Trinajstić information content (AvgIpc) is 3.12. The Bertz CT molecular complexity index is 951. The van der Waals surface area contributed by atoms with Crippen molar-refractivity contribution >= 4 is 28.5 Å². The molecule has 0 spiro atoms. The van der Waals surface area contributed by atoms with Crippen molar-refractivity contribution in [3.63, 3.8) is 0 Å². The van der Waals surface area contributed by atoms with Gasteiger partial charge in [-0.2, -0.15) is 0 Å². The van der Waals surface area contributed by atoms with Crippen molar-refractivity contribution in [3.8, 4) is 0 Å². The van der Waals surface area contributed by atoms with E-state index in [1.54, 1.807) is 20.6 Å². The molecule has 2 fully saturated rings. The van der Waals surface area contributed by atoms with Crippen LogP contribution >= 0.6 is 0 Å². The second-order valence-corrected chi connectivity index (χ2v) is 8.35. The van der Waals surface area contributed by atoms with E-state index < -0.39 is 11.7 Å². The summed E-state index contributed by atoms with van der Waals surface area (Å²) in [6.07, 6.45) is 4.57. The molecule has 7 nitrogen and oxygen atoms in total. The van der Waals surface area contributed by atoms with Gasteiger partial charge in [0.1, 0.15) is 6.54 Å². The van der Waals surface area contributed by atoms with Gasteiger partial charge in [0.2, 0.25) is 5.91 Å². The quantitative estimate of drug-likeness (QED) is 0.572. The molecule has 0 saturated carbocycles. The number of Topliss-reactive ketones (excluding diaryl/α,β-unsaturated/α-hetero) is 1. The van der Waals surface area contributed by atoms with Crippen molar-refractivity contribution in [2.45, 2.75) is 51.7 Å². The van der Waals surface area contributed by atoms with Gasteiger partial charge in [-0.1, -0.05) is 18.2 Å². The maximum atomic E-state index is 13.2. The van der Waals surface area contributed by atoms with Gasteiger partial charge in [-0.05, 0) is 39.2 Å². The number of amides is 2. The Labute approximate surface area is 176 Å². The number of carbonyl (C=O) groups is 3. The van der Waals surface area contributed by atoms with Crippen LogP contribution in [0.15, 0.2) is 30.5 Å². The molecule has 0 N–H and O–H groups in total. The number of hydrogen-bond donors (Lipinski definition) is 0. The monoisotopic (exact) mass is 411 g/mol. The Morgan fingerprint density at radius 2 is 1.70 bits per heavy atom. The number of aromatic nitrogens is 1. The minimum Gasteiger partial charge on any atom is -0.378 e. The zero-order valence-corrected chi connectivity index (χ0v) is 17.7. The molecule has 30 heavy (non-hydrogen) atoms. The number of para-hydroxylation sites is 1. The fourth-order valence-corrected chi connectivity index (χ4v) is 4.67. The van der Waals surface area contributed by atoms with E-state index in [4.69, 9.17) is 4.74 Å². The van der Waals surface area contributed by atoms with Crippen LogP contribution in [0.2, 0.25) is 0 Å². The van der Waals surface area contributed by atoms with Crippen molar-refractivity contribution in [2.75, 3.05) is 26.3 Å². The van der Waals surface area contributed by atoms with Crippen molar-refractivity contribution < 1.29 is 19.1 Å². The number of nitrogens with zero attached hydrogens (tertiary/aromatic N) is 3. The Balaban J connectivity index is 1.62. The highest BCUT2D eigenvalue weighted by atomic mass is 16.5. The lowest BCUT2D eigenvalue weighted by Gasteiger charge is -2.38. The summed E-state index contributed by atoms with van der Waals surface area (Å²) >= 11 is 0. The normalized spacial score (nSPS) is 22.3. The maximum Gasteiger partial charge on any atom is 0.295 e. The van der Waals surface area contributed by atoms with Gasteiger partial charge in [0.15, 0.2) is 0 Å². The summed E-state index contributed by atoms with van der Waals surface area (Å²) in [5.41, 5.74) is 1.16. The zero-order valence-electron chi connectivity index (χ0n) is 17.7. The van der Waals surface area contributed by atoms with Gasteiger partial charge in [0.05, 0.1) is 18.8 Å². The van der Waals surface area contributed by atoms with Crippen LogP contribution in [-0.2, 0) is 20.9 Å². The van der Waals surface area contributed by atoms with Gasteiger partial charge < -0.3 is 19.1 Å². The molecule has 7 heteroatoms. The lowest BCUT2D eigenvalue weighted by Crippen LogP contribution is -2.50. The molecular formula is C23H29N3O4. The van der Waals surface area contributed by atoms with E-state index in [1.807, 2.05) is 38.1 Å². The molecule has 0 aliphatic carbocycles. The Hall–Kier alpha value is -2.67. The highest BCUT2D eigenvalue weighted by molar-refractivity contribution is 6.45. The first-order chi connectivity index (χ1) is 14.5. The van der Waals surface area contributed by atoms with Crippen molar-refractivity contribution in [3.05, 3.63) is 36.0 Å². The van der Waals surface area contributed by atoms with E-state index in [2.05, 4.69) is 0 Å². The van der Waals surface area contributed by atoms with Crippen LogP contribution < -0.4 is 0 Å². The van der Waals surface area contributed by atoms with E-state index >= 15 is 0 Å². The molecule has 2 aliphatic rings. The molecule has 160 valence electrons. The van der Waals surface area contributed by atoms with Gasteiger partial charge in [0.25, 0.3) is 11.7 Å². The van der Waals surface area contributed by atoms with E-state index in [0.717, 1.165) is 24.8 Å². The first kappa shape index (κ1) is 20.6. The topological polar surface area (TPSA) is 71.9 Å². The van der Waals surface area contributed by atoms with Crippen LogP contribution in [0, 0.1) is 0 Å². The van der Waals surface area contributed by atoms with Gasteiger partial charge in [0, 0.05) is 42.3 Å². The lowest BCUT2D eigenvalue weighted by molar-refractivity contribution is -0.135. The molecule has 2 aliphatic heterocycles. The number of benzene rings is 1. The molecule has 0 bridgehead atoms. The maximum absolute atomic E-state index is 13.2. The van der Waals surface area contributed by atoms with E-state index in [1.165, 1.54) is 0 Å². The summed E-state index contributed by atoms with van der Waals surface area (Å²) in [6.45, 7) is 6.39. The van der Waals surface area contributed by atoms with Gasteiger partial charge in [-0.15, -0.1) is 0 Å². The molecule has 3 heterocycles. The number of ether oxygens (including phenoxy) is 1. The first-order valence-corrected chi connectivity index (χ1v) is 10.8. The molecule has 2 saturated heterocycles. The third-order valence-corrected chi connectivity index (χ3v) is 6.32. The third kappa shape index (κ3) is 3.86. The van der Waals surface area contributed by atoms with Crippen LogP contribution in [0.1, 0.15) is 43.5 Å². The van der Waals surface area contributed by atoms with Crippen LogP contribution in [0.5, 0.6) is 0 Å². The Morgan fingerprint density at radius 1 is 1.03 bits per heavy atom. The van der Waals surface area contributed by atoms with E-state index in [9.17, 15) is 14.4 Å². The second kappa shape index (κ2) is 8.60. The first-order valence-electron chi connectivity index (χ1n) is 10.8. The summed E-state index contributed by atoms with van der Waals surface area (Å²) in [5, 5.41) is 0.711. The number of carbonyl (C=O) groups excluding carboxylic acids is 3. The minimum absolute atomic E-state index is 0.0114. The van der Waals surface area contributed by atoms with Crippen molar-refractivity contribution in [1.82, 2.24) is 14.4 Å². The molecule has 2 atom stereocenters. The summed E-state index contributed by atoms with van der Waals surface area (Å²) in [4.78, 5) is 42.6. The molecule has 0 unspecified atom stereocenters. The van der Waals surface area contributed by atoms with Crippen molar-refractivity contribution in [2.24, 2.45) is 0 Å². The van der Waals surface area contributed by atoms with Gasteiger partial charge in [-0.25, -0.2) is 0 Å². The molecule has 0 radical (unpaired) electrons. The van der Waals surface area contributed by atoms with Crippen LogP contribution in [0.3, 0.4) is 0 Å². The number of piperidine rings is 1. The largest absolute Gasteiger partial charge is 0.378 e. The summed E-state index contributed by atoms with van der Waals surface area (Å²) < 4.78 is 7.11. The van der Waals surface area contributed by atoms with Crippen LogP contribution in [0.4, 0.5) is 0 Å². The summed E-state index contributed by atoms with van der Waals surface area (Å²) in [5.74, 6) is -0.955. The number of morpholine rings is 1. The number of hydrogen-bond acceptors (Lipinski definition) is 4. The average molecular weight is 412 g/mol. The van der Waals surface area contributed by atoms with E-state index in [0.29, 0.717) is 37.3 Å². The highest BCUT2D eigenvalue weighted by Gasteiger charge is 2.34. The zero-order chi connectivity index (χ0) is 21.3. The molecule has 4 rings (SSSR count). The number of rotatable bonds is 4. The Morgan fingerprint density at radius 3 is 2.40 bits per heavy atom. The second-order valence-electron chi connectivity index (χ2n) is 8.35. The van der Waals surface area contributed by atoms with Crippen molar-refractivity contribution in [1.29, 1.82) is 0 Å². The molecule has 2 aromatic rings. The summed E-state index contributed by atoms with van der Waals surface area (Å²) in [7, 11) is 0. The lowest BCUT2D eigenvalue weighted by atomic mass is 9.96. The predicted molar refractivity (Wildman–Crippen MR) is 113 cm³/mol. The SMILES string of the molecule is C[C@H]1CCC[C@H](C)N1C(=O)C(=O)c1cn(CC(=O)N2CCOCC2)c2ccccc12. The van der Waals surface area contributed by atoms with Gasteiger partial charge >= 0.3 is 0 Å². The predicted octanol–water partition coefficient (Wildman–Crippen LogP) is 2.47. The molecular weight excluding hydrogens is 382 g/mol. The molecule has 2 amide bonds. The number of fused-ring (bicyclic) bond motifs is 1.